The molecule has 1 amide bonds. The summed E-state index contributed by atoms with van der Waals surface area (Å²) in [6.45, 7) is 2.71. The quantitative estimate of drug-likeness (QED) is 0.779. The average Bonchev–Trinajstić information content (AvgIpc) is 2.54. The molecule has 0 bridgehead atoms. The zero-order valence-electron chi connectivity index (χ0n) is 8.83. The van der Waals surface area contributed by atoms with Crippen molar-refractivity contribution in [2.45, 2.75) is 6.92 Å². The lowest BCUT2D eigenvalue weighted by atomic mass is 10.1. The Kier molecular flexibility index (Phi) is 2.04. The summed E-state index contributed by atoms with van der Waals surface area (Å²) >= 11 is 3.45. The predicted octanol–water partition coefficient (Wildman–Crippen LogP) is 3.58. The van der Waals surface area contributed by atoms with Crippen molar-refractivity contribution in [3.05, 3.63) is 40.4 Å². The van der Waals surface area contributed by atoms with Crippen LogP contribution in [0.5, 0.6) is 0 Å². The summed E-state index contributed by atoms with van der Waals surface area (Å²) in [5, 5.41) is 2.20. The average molecular weight is 276 g/mol. The molecule has 2 aromatic rings. The molecule has 1 aliphatic rings. The molecule has 0 saturated heterocycles. The molecule has 80 valence electrons. The van der Waals surface area contributed by atoms with Gasteiger partial charge >= 0.3 is 0 Å². The van der Waals surface area contributed by atoms with Crippen molar-refractivity contribution in [1.29, 1.82) is 0 Å². The van der Waals surface area contributed by atoms with Crippen LogP contribution in [0.1, 0.15) is 17.3 Å². The number of amides is 1. The van der Waals surface area contributed by atoms with Crippen molar-refractivity contribution >= 4 is 38.3 Å². The van der Waals surface area contributed by atoms with Crippen molar-refractivity contribution in [2.75, 3.05) is 11.4 Å². The number of nitrogens with zero attached hydrogens (tertiary/aromatic N) is 1. The summed E-state index contributed by atoms with van der Waals surface area (Å²) in [6, 6.07) is 10.0. The van der Waals surface area contributed by atoms with Crippen LogP contribution in [0, 0.1) is 0 Å². The first-order valence-corrected chi connectivity index (χ1v) is 6.06. The van der Waals surface area contributed by atoms with Gasteiger partial charge in [-0.3, -0.25) is 4.79 Å². The molecule has 1 heterocycles. The maximum Gasteiger partial charge on any atom is 0.259 e. The van der Waals surface area contributed by atoms with Crippen LogP contribution in [0.4, 0.5) is 5.69 Å². The van der Waals surface area contributed by atoms with Crippen LogP contribution >= 0.6 is 15.9 Å². The Hall–Kier alpha value is -1.35. The van der Waals surface area contributed by atoms with Crippen LogP contribution in [0.15, 0.2) is 34.8 Å². The van der Waals surface area contributed by atoms with Gasteiger partial charge in [0.15, 0.2) is 0 Å². The van der Waals surface area contributed by atoms with Crippen molar-refractivity contribution in [3.63, 3.8) is 0 Å². The van der Waals surface area contributed by atoms with E-state index in [1.807, 2.05) is 36.1 Å². The summed E-state index contributed by atoms with van der Waals surface area (Å²) in [5.74, 6) is 0.106. The molecular weight excluding hydrogens is 266 g/mol. The zero-order valence-corrected chi connectivity index (χ0v) is 10.4. The molecular formula is C13H10BrNO. The van der Waals surface area contributed by atoms with Crippen molar-refractivity contribution in [2.24, 2.45) is 0 Å². The van der Waals surface area contributed by atoms with E-state index in [0.29, 0.717) is 6.54 Å². The Balaban J connectivity index is 2.45. The van der Waals surface area contributed by atoms with Gasteiger partial charge in [0.1, 0.15) is 0 Å². The van der Waals surface area contributed by atoms with E-state index in [4.69, 9.17) is 0 Å². The summed E-state index contributed by atoms with van der Waals surface area (Å²) in [6.07, 6.45) is 0. The molecule has 2 nitrogen and oxygen atoms in total. The molecule has 16 heavy (non-hydrogen) atoms. The maximum absolute atomic E-state index is 12.2. The van der Waals surface area contributed by atoms with Crippen LogP contribution < -0.4 is 4.90 Å². The monoisotopic (exact) mass is 275 g/mol. The maximum atomic E-state index is 12.2. The number of rotatable bonds is 1. The second-order valence-electron chi connectivity index (χ2n) is 3.88. The number of carbonyl (C=O) groups excluding carboxylic acids is 1. The molecule has 0 saturated carbocycles. The molecule has 0 aliphatic carbocycles. The van der Waals surface area contributed by atoms with Gasteiger partial charge in [0, 0.05) is 16.4 Å². The fourth-order valence-electron chi connectivity index (χ4n) is 2.33. The van der Waals surface area contributed by atoms with Gasteiger partial charge in [0.2, 0.25) is 0 Å². The molecule has 0 aromatic heterocycles. The van der Waals surface area contributed by atoms with E-state index in [-0.39, 0.29) is 5.91 Å². The van der Waals surface area contributed by atoms with E-state index in [1.54, 1.807) is 0 Å². The molecule has 0 unspecified atom stereocenters. The van der Waals surface area contributed by atoms with Gasteiger partial charge in [-0.15, -0.1) is 0 Å². The molecule has 3 heteroatoms. The van der Waals surface area contributed by atoms with E-state index >= 15 is 0 Å². The molecule has 0 spiro atoms. The normalized spacial score (nSPS) is 13.9. The molecule has 2 aromatic carbocycles. The topological polar surface area (TPSA) is 20.3 Å². The lowest BCUT2D eigenvalue weighted by molar-refractivity contribution is 0.0994. The van der Waals surface area contributed by atoms with Gasteiger partial charge < -0.3 is 4.90 Å². The number of carbonyl (C=O) groups is 1. The molecule has 3 rings (SSSR count). The fraction of sp³-hybridized carbons (Fsp3) is 0.154. The molecule has 1 aliphatic heterocycles. The zero-order chi connectivity index (χ0) is 11.3. The summed E-state index contributed by atoms with van der Waals surface area (Å²) in [5.41, 5.74) is 1.84. The van der Waals surface area contributed by atoms with Crippen LogP contribution in [0.25, 0.3) is 10.8 Å². The third-order valence-electron chi connectivity index (χ3n) is 3.00. The standard InChI is InChI=1S/C13H10BrNO/c1-2-15-11-5-3-4-8-6-9(14)7-10(12(8)11)13(15)16/h3-7H,2H2,1H3. The van der Waals surface area contributed by atoms with Gasteiger partial charge in [-0.05, 0) is 30.5 Å². The Morgan fingerprint density at radius 1 is 1.31 bits per heavy atom. The third-order valence-corrected chi connectivity index (χ3v) is 3.46. The Bertz CT molecular complexity index is 606. The number of halogens is 1. The fourth-order valence-corrected chi connectivity index (χ4v) is 2.81. The van der Waals surface area contributed by atoms with Crippen molar-refractivity contribution < 1.29 is 4.79 Å². The first kappa shape index (κ1) is 9.85. The molecule has 0 N–H and O–H groups in total. The van der Waals surface area contributed by atoms with Crippen molar-refractivity contribution in [1.82, 2.24) is 0 Å². The van der Waals surface area contributed by atoms with Crippen LogP contribution in [-0.2, 0) is 0 Å². The summed E-state index contributed by atoms with van der Waals surface area (Å²) in [4.78, 5) is 14.0. The van der Waals surface area contributed by atoms with E-state index in [1.165, 1.54) is 0 Å². The van der Waals surface area contributed by atoms with Gasteiger partial charge in [-0.25, -0.2) is 0 Å². The number of hydrogen-bond donors (Lipinski definition) is 0. The van der Waals surface area contributed by atoms with Gasteiger partial charge in [-0.2, -0.15) is 0 Å². The van der Waals surface area contributed by atoms with E-state index in [2.05, 4.69) is 22.0 Å². The predicted molar refractivity (Wildman–Crippen MR) is 69.0 cm³/mol. The van der Waals surface area contributed by atoms with E-state index in [9.17, 15) is 4.79 Å². The van der Waals surface area contributed by atoms with Gasteiger partial charge in [0.25, 0.3) is 5.91 Å². The highest BCUT2D eigenvalue weighted by Crippen LogP contribution is 2.38. The van der Waals surface area contributed by atoms with Crippen molar-refractivity contribution in [3.8, 4) is 0 Å². The Morgan fingerprint density at radius 2 is 2.12 bits per heavy atom. The Morgan fingerprint density at radius 3 is 2.88 bits per heavy atom. The minimum atomic E-state index is 0.106. The molecule has 0 fully saturated rings. The van der Waals surface area contributed by atoms with Crippen LogP contribution in [0.2, 0.25) is 0 Å². The highest BCUT2D eigenvalue weighted by Gasteiger charge is 2.28. The van der Waals surface area contributed by atoms with E-state index < -0.39 is 0 Å². The first-order chi connectivity index (χ1) is 7.72. The SMILES string of the molecule is CCN1C(=O)c2cc(Br)cc3cccc1c23. The lowest BCUT2D eigenvalue weighted by Gasteiger charge is -2.14. The second kappa shape index (κ2) is 3.32. The number of hydrogen-bond acceptors (Lipinski definition) is 1. The largest absolute Gasteiger partial charge is 0.308 e. The molecule has 0 radical (unpaired) electrons. The smallest absolute Gasteiger partial charge is 0.259 e. The first-order valence-electron chi connectivity index (χ1n) is 5.26. The molecule has 0 atom stereocenters. The van der Waals surface area contributed by atoms with Crippen LogP contribution in [-0.4, -0.2) is 12.5 Å². The van der Waals surface area contributed by atoms with Gasteiger partial charge in [0.05, 0.1) is 11.3 Å². The highest BCUT2D eigenvalue weighted by molar-refractivity contribution is 9.10. The lowest BCUT2D eigenvalue weighted by Crippen LogP contribution is -2.25. The number of benzene rings is 2. The van der Waals surface area contributed by atoms with E-state index in [0.717, 1.165) is 26.5 Å². The Labute approximate surface area is 102 Å². The van der Waals surface area contributed by atoms with Gasteiger partial charge in [-0.1, -0.05) is 28.1 Å². The van der Waals surface area contributed by atoms with Crippen LogP contribution in [0.3, 0.4) is 0 Å². The number of anilines is 1. The highest BCUT2D eigenvalue weighted by atomic mass is 79.9. The summed E-state index contributed by atoms with van der Waals surface area (Å²) in [7, 11) is 0. The summed E-state index contributed by atoms with van der Waals surface area (Å²) < 4.78 is 0.957. The second-order valence-corrected chi connectivity index (χ2v) is 4.79. The third kappa shape index (κ3) is 1.15. The minimum Gasteiger partial charge on any atom is -0.308 e. The minimum absolute atomic E-state index is 0.106.